The molecule has 0 amide bonds. The molecule has 0 atom stereocenters. The van der Waals surface area contributed by atoms with Crippen LogP contribution in [0.2, 0.25) is 0 Å². The first-order valence-corrected chi connectivity index (χ1v) is 19.9. The molecule has 0 aliphatic carbocycles. The van der Waals surface area contributed by atoms with Gasteiger partial charge in [-0.1, -0.05) is 164 Å². The third-order valence-electron chi connectivity index (χ3n) is 10.4. The first kappa shape index (κ1) is 35.6. The summed E-state index contributed by atoms with van der Waals surface area (Å²) in [5.74, 6) is 0.965. The van der Waals surface area contributed by atoms with Gasteiger partial charge in [0.1, 0.15) is 17.0 Å². The molecule has 2 N–H and O–H groups in total. The number of amidine groups is 2. The molecule has 0 radical (unpaired) electrons. The first-order chi connectivity index (χ1) is 28.1. The van der Waals surface area contributed by atoms with E-state index in [1.54, 1.807) is 6.08 Å². The minimum absolute atomic E-state index is 0.392. The molecular weight excluding hydrogens is 715 g/mol. The SMILES string of the molecule is C=C/C=C\C(=C/C)c1ccc(C(N)=NC(=NCc2cccc3oc4ccc(-c5cccc6sc7c(-c8ccccc8)cccc7c56)cc4c23)c2ccccc2)cc1. The Morgan fingerprint density at radius 1 is 0.667 bits per heavy atom. The van der Waals surface area contributed by atoms with Crippen molar-refractivity contribution in [2.45, 2.75) is 13.5 Å². The summed E-state index contributed by atoms with van der Waals surface area (Å²) in [6.07, 6.45) is 7.82. The van der Waals surface area contributed by atoms with Gasteiger partial charge in [0.2, 0.25) is 0 Å². The minimum atomic E-state index is 0.392. The monoisotopic (exact) mass is 753 g/mol. The molecule has 0 unspecified atom stereocenters. The lowest BCUT2D eigenvalue weighted by atomic mass is 9.96. The number of aliphatic imine (C=N–C) groups is 2. The molecule has 0 aliphatic rings. The molecule has 9 aromatic rings. The highest BCUT2D eigenvalue weighted by atomic mass is 32.1. The zero-order valence-corrected chi connectivity index (χ0v) is 32.3. The van der Waals surface area contributed by atoms with Gasteiger partial charge in [-0.2, -0.15) is 0 Å². The van der Waals surface area contributed by atoms with E-state index in [4.69, 9.17) is 20.1 Å². The number of hydrogen-bond donors (Lipinski definition) is 1. The fourth-order valence-electron chi connectivity index (χ4n) is 7.61. The summed E-state index contributed by atoms with van der Waals surface area (Å²) in [6.45, 7) is 6.20. The molecule has 9 rings (SSSR count). The van der Waals surface area contributed by atoms with Crippen molar-refractivity contribution in [3.05, 3.63) is 211 Å². The number of fused-ring (bicyclic) bond motifs is 6. The van der Waals surface area contributed by atoms with Crippen LogP contribution in [0.15, 0.2) is 203 Å². The largest absolute Gasteiger partial charge is 0.456 e. The topological polar surface area (TPSA) is 63.9 Å². The average Bonchev–Trinajstić information content (AvgIpc) is 3.85. The molecule has 5 heteroatoms. The zero-order chi connectivity index (χ0) is 38.7. The lowest BCUT2D eigenvalue weighted by Gasteiger charge is -2.08. The predicted molar refractivity (Wildman–Crippen MR) is 244 cm³/mol. The maximum Gasteiger partial charge on any atom is 0.157 e. The number of thiophene rings is 1. The van der Waals surface area contributed by atoms with E-state index >= 15 is 0 Å². The maximum absolute atomic E-state index is 6.68. The van der Waals surface area contributed by atoms with Crippen molar-refractivity contribution in [2.24, 2.45) is 15.7 Å². The van der Waals surface area contributed by atoms with Gasteiger partial charge in [0.25, 0.3) is 0 Å². The van der Waals surface area contributed by atoms with Gasteiger partial charge >= 0.3 is 0 Å². The van der Waals surface area contributed by atoms with Gasteiger partial charge in [0.15, 0.2) is 5.84 Å². The van der Waals surface area contributed by atoms with E-state index in [-0.39, 0.29) is 0 Å². The Labute approximate surface area is 336 Å². The van der Waals surface area contributed by atoms with Gasteiger partial charge < -0.3 is 10.2 Å². The van der Waals surface area contributed by atoms with Crippen LogP contribution in [0.25, 0.3) is 69.9 Å². The molecule has 4 nitrogen and oxygen atoms in total. The first-order valence-electron chi connectivity index (χ1n) is 19.0. The number of furan rings is 1. The Morgan fingerprint density at radius 3 is 2.19 bits per heavy atom. The number of nitrogens with zero attached hydrogens (tertiary/aromatic N) is 2. The van der Waals surface area contributed by atoms with Crippen molar-refractivity contribution in [3.8, 4) is 22.3 Å². The molecule has 57 heavy (non-hydrogen) atoms. The maximum atomic E-state index is 6.68. The van der Waals surface area contributed by atoms with Crippen LogP contribution in [0.3, 0.4) is 0 Å². The van der Waals surface area contributed by atoms with E-state index in [0.29, 0.717) is 18.2 Å². The van der Waals surface area contributed by atoms with E-state index in [2.05, 4.69) is 116 Å². The summed E-state index contributed by atoms with van der Waals surface area (Å²) < 4.78 is 9.02. The van der Waals surface area contributed by atoms with E-state index in [1.807, 2.05) is 85.0 Å². The third kappa shape index (κ3) is 6.90. The number of nitrogens with two attached hydrogens (primary N) is 1. The van der Waals surface area contributed by atoms with E-state index in [1.165, 1.54) is 36.9 Å². The van der Waals surface area contributed by atoms with Crippen LogP contribution in [0.4, 0.5) is 0 Å². The smallest absolute Gasteiger partial charge is 0.157 e. The van der Waals surface area contributed by atoms with Crippen LogP contribution in [0.5, 0.6) is 0 Å². The summed E-state index contributed by atoms with van der Waals surface area (Å²) in [6, 6.07) is 54.8. The Kier molecular flexibility index (Phi) is 9.73. The van der Waals surface area contributed by atoms with Crippen LogP contribution < -0.4 is 5.73 Å². The number of hydrogen-bond acceptors (Lipinski definition) is 3. The molecule has 2 aromatic heterocycles. The van der Waals surface area contributed by atoms with Gasteiger partial charge in [-0.25, -0.2) is 4.99 Å². The minimum Gasteiger partial charge on any atom is -0.456 e. The van der Waals surface area contributed by atoms with E-state index < -0.39 is 0 Å². The molecule has 0 spiro atoms. The summed E-state index contributed by atoms with van der Waals surface area (Å²) in [5, 5.41) is 4.66. The summed E-state index contributed by atoms with van der Waals surface area (Å²) in [5.41, 5.74) is 18.1. The number of allylic oxidation sites excluding steroid dienone is 5. The molecule has 2 heterocycles. The van der Waals surface area contributed by atoms with Crippen molar-refractivity contribution in [2.75, 3.05) is 0 Å². The van der Waals surface area contributed by atoms with Crippen LogP contribution in [0.1, 0.15) is 29.2 Å². The lowest BCUT2D eigenvalue weighted by molar-refractivity contribution is 0.668. The molecule has 0 saturated carbocycles. The quantitative estimate of drug-likeness (QED) is 0.0906. The lowest BCUT2D eigenvalue weighted by Crippen LogP contribution is -2.16. The summed E-state index contributed by atoms with van der Waals surface area (Å²) in [7, 11) is 0. The second-order valence-electron chi connectivity index (χ2n) is 13.9. The highest BCUT2D eigenvalue weighted by Crippen LogP contribution is 2.44. The molecule has 0 aliphatic heterocycles. The number of benzene rings is 7. The fourth-order valence-corrected chi connectivity index (χ4v) is 8.88. The molecule has 0 fully saturated rings. The van der Waals surface area contributed by atoms with Crippen molar-refractivity contribution in [1.82, 2.24) is 0 Å². The fraction of sp³-hybridized carbons (Fsp3) is 0.0385. The molecule has 0 saturated heterocycles. The van der Waals surface area contributed by atoms with Crippen molar-refractivity contribution in [1.29, 1.82) is 0 Å². The predicted octanol–water partition coefficient (Wildman–Crippen LogP) is 13.8. The Balaban J connectivity index is 1.11. The second kappa shape index (κ2) is 15.6. The summed E-state index contributed by atoms with van der Waals surface area (Å²) in [4.78, 5) is 10.0. The summed E-state index contributed by atoms with van der Waals surface area (Å²) >= 11 is 1.86. The zero-order valence-electron chi connectivity index (χ0n) is 31.5. The molecule has 274 valence electrons. The average molecular weight is 754 g/mol. The molecule has 0 bridgehead atoms. The Hall–Kier alpha value is -7.08. The van der Waals surface area contributed by atoms with Crippen molar-refractivity contribution < 1.29 is 4.42 Å². The van der Waals surface area contributed by atoms with Crippen molar-refractivity contribution >= 4 is 70.7 Å². The molecular formula is C52H39N3OS. The van der Waals surface area contributed by atoms with Crippen LogP contribution in [0, 0.1) is 0 Å². The van der Waals surface area contributed by atoms with Crippen LogP contribution in [-0.4, -0.2) is 11.7 Å². The van der Waals surface area contributed by atoms with E-state index in [0.717, 1.165) is 55.3 Å². The van der Waals surface area contributed by atoms with Gasteiger partial charge in [-0.3, -0.25) is 4.99 Å². The van der Waals surface area contributed by atoms with Gasteiger partial charge in [0.05, 0.1) is 6.54 Å². The Bertz CT molecular complexity index is 3060. The number of rotatable bonds is 9. The Morgan fingerprint density at radius 2 is 1.40 bits per heavy atom. The van der Waals surface area contributed by atoms with Crippen molar-refractivity contribution in [3.63, 3.8) is 0 Å². The normalized spacial score (nSPS) is 12.8. The van der Waals surface area contributed by atoms with E-state index in [9.17, 15) is 0 Å². The highest BCUT2D eigenvalue weighted by Gasteiger charge is 2.17. The third-order valence-corrected chi connectivity index (χ3v) is 11.6. The van der Waals surface area contributed by atoms with Crippen LogP contribution >= 0.6 is 11.3 Å². The standard InChI is InChI=1S/C52H39N3OS/c1-3-5-15-34(4-2)35-26-28-37(29-27-35)51(53)55-52(38-18-10-7-11-19-38)54-33-40-20-12-24-46-48(40)44-32-39(30-31-45(44)56-46)41-21-14-25-47-49(41)43-23-13-22-42(50(43)57-47)36-16-8-6-9-17-36/h3-32H,1,33H2,2H3,(H2,53,54,55)/b15-5-,34-4+. The van der Waals surface area contributed by atoms with Gasteiger partial charge in [-0.15, -0.1) is 11.3 Å². The molecule has 7 aromatic carbocycles. The van der Waals surface area contributed by atoms with Gasteiger partial charge in [0, 0.05) is 42.1 Å². The second-order valence-corrected chi connectivity index (χ2v) is 14.9. The highest BCUT2D eigenvalue weighted by molar-refractivity contribution is 7.26. The van der Waals surface area contributed by atoms with Crippen LogP contribution in [-0.2, 0) is 6.54 Å². The van der Waals surface area contributed by atoms with Gasteiger partial charge in [-0.05, 0) is 70.1 Å².